The fourth-order valence-electron chi connectivity index (χ4n) is 2.09. The molecule has 2 aromatic rings. The summed E-state index contributed by atoms with van der Waals surface area (Å²) in [5.41, 5.74) is 0.521. The van der Waals surface area contributed by atoms with Crippen LogP contribution in [0.1, 0.15) is 6.92 Å². The van der Waals surface area contributed by atoms with Crippen LogP contribution in [0.2, 0.25) is 0 Å². The summed E-state index contributed by atoms with van der Waals surface area (Å²) in [6, 6.07) is 9.10. The first kappa shape index (κ1) is 15.3. The standard InChI is InChI=1S/C15H13FN2O4S/c1-9-15(19)17-13-8-12(6-7-14(13)22-9)23(20,21)18-11-4-2-10(16)3-5-11/h2-9,18H,1H3,(H,17,19)/t9-/m0/s1. The van der Waals surface area contributed by atoms with Crippen molar-refractivity contribution in [1.29, 1.82) is 0 Å². The lowest BCUT2D eigenvalue weighted by Crippen LogP contribution is -2.34. The highest BCUT2D eigenvalue weighted by Crippen LogP contribution is 2.32. The molecule has 0 unspecified atom stereocenters. The lowest BCUT2D eigenvalue weighted by molar-refractivity contribution is -0.122. The molecule has 0 aliphatic carbocycles. The van der Waals surface area contributed by atoms with Gasteiger partial charge in [-0.25, -0.2) is 12.8 Å². The Morgan fingerprint density at radius 3 is 2.57 bits per heavy atom. The van der Waals surface area contributed by atoms with E-state index in [4.69, 9.17) is 4.74 Å². The molecule has 1 amide bonds. The molecule has 120 valence electrons. The van der Waals surface area contributed by atoms with E-state index in [1.54, 1.807) is 6.92 Å². The van der Waals surface area contributed by atoms with Crippen molar-refractivity contribution in [2.24, 2.45) is 0 Å². The van der Waals surface area contributed by atoms with Gasteiger partial charge in [0.15, 0.2) is 6.10 Å². The second-order valence-electron chi connectivity index (χ2n) is 5.02. The fraction of sp³-hybridized carbons (Fsp3) is 0.133. The Morgan fingerprint density at radius 1 is 1.17 bits per heavy atom. The largest absolute Gasteiger partial charge is 0.479 e. The van der Waals surface area contributed by atoms with Crippen LogP contribution in [0.3, 0.4) is 0 Å². The minimum atomic E-state index is -3.87. The first-order chi connectivity index (χ1) is 10.8. The topological polar surface area (TPSA) is 84.5 Å². The molecule has 0 saturated heterocycles. The van der Waals surface area contributed by atoms with Crippen molar-refractivity contribution in [2.45, 2.75) is 17.9 Å². The van der Waals surface area contributed by atoms with Crippen molar-refractivity contribution in [1.82, 2.24) is 0 Å². The Hall–Kier alpha value is -2.61. The third-order valence-electron chi connectivity index (χ3n) is 3.29. The SMILES string of the molecule is C[C@@H]1Oc2ccc(S(=O)(=O)Nc3ccc(F)cc3)cc2NC1=O. The first-order valence-corrected chi connectivity index (χ1v) is 8.23. The number of halogens is 1. The maximum atomic E-state index is 12.9. The van der Waals surface area contributed by atoms with Gasteiger partial charge in [0.05, 0.1) is 10.6 Å². The second-order valence-corrected chi connectivity index (χ2v) is 6.70. The number of carbonyl (C=O) groups excluding carboxylic acids is 1. The Kier molecular flexibility index (Phi) is 3.69. The van der Waals surface area contributed by atoms with Crippen LogP contribution in [-0.2, 0) is 14.8 Å². The van der Waals surface area contributed by atoms with E-state index >= 15 is 0 Å². The van der Waals surface area contributed by atoms with Crippen LogP contribution < -0.4 is 14.8 Å². The smallest absolute Gasteiger partial charge is 0.265 e. The molecule has 2 aromatic carbocycles. The molecule has 0 fully saturated rings. The second kappa shape index (κ2) is 5.54. The van der Waals surface area contributed by atoms with Crippen LogP contribution in [0, 0.1) is 5.82 Å². The van der Waals surface area contributed by atoms with Crippen LogP contribution in [0.25, 0.3) is 0 Å². The summed E-state index contributed by atoms with van der Waals surface area (Å²) in [6.45, 7) is 1.60. The van der Waals surface area contributed by atoms with E-state index in [0.29, 0.717) is 5.75 Å². The number of fused-ring (bicyclic) bond motifs is 1. The monoisotopic (exact) mass is 336 g/mol. The van der Waals surface area contributed by atoms with Crippen LogP contribution in [0.5, 0.6) is 5.75 Å². The van der Waals surface area contributed by atoms with Gasteiger partial charge in [0.1, 0.15) is 11.6 Å². The maximum absolute atomic E-state index is 12.9. The van der Waals surface area contributed by atoms with Crippen molar-refractivity contribution in [3.8, 4) is 5.75 Å². The van der Waals surface area contributed by atoms with Crippen molar-refractivity contribution < 1.29 is 22.3 Å². The Labute approximate surface area is 132 Å². The summed E-state index contributed by atoms with van der Waals surface area (Å²) in [6.07, 6.45) is -0.637. The summed E-state index contributed by atoms with van der Waals surface area (Å²) in [5.74, 6) is -0.410. The zero-order valence-electron chi connectivity index (χ0n) is 12.0. The lowest BCUT2D eigenvalue weighted by atomic mass is 10.2. The van der Waals surface area contributed by atoms with Gasteiger partial charge in [-0.2, -0.15) is 0 Å². The molecule has 1 aliphatic rings. The van der Waals surface area contributed by atoms with E-state index < -0.39 is 21.9 Å². The van der Waals surface area contributed by atoms with Gasteiger partial charge < -0.3 is 10.1 Å². The van der Waals surface area contributed by atoms with E-state index in [2.05, 4.69) is 10.0 Å². The summed E-state index contributed by atoms with van der Waals surface area (Å²) >= 11 is 0. The number of hydrogen-bond donors (Lipinski definition) is 2. The van der Waals surface area contributed by atoms with Gasteiger partial charge in [0.25, 0.3) is 15.9 Å². The van der Waals surface area contributed by atoms with E-state index in [1.807, 2.05) is 0 Å². The predicted octanol–water partition coefficient (Wildman–Crippen LogP) is 2.35. The molecule has 3 rings (SSSR count). The van der Waals surface area contributed by atoms with Crippen molar-refractivity contribution in [2.75, 3.05) is 10.0 Å². The molecule has 0 bridgehead atoms. The number of carbonyl (C=O) groups is 1. The van der Waals surface area contributed by atoms with Gasteiger partial charge >= 0.3 is 0 Å². The molecule has 0 aromatic heterocycles. The van der Waals surface area contributed by atoms with Crippen LogP contribution in [-0.4, -0.2) is 20.4 Å². The third kappa shape index (κ3) is 3.11. The summed E-state index contributed by atoms with van der Waals surface area (Å²) < 4.78 is 45.3. The molecule has 0 radical (unpaired) electrons. The highest BCUT2D eigenvalue weighted by molar-refractivity contribution is 7.92. The zero-order chi connectivity index (χ0) is 16.6. The van der Waals surface area contributed by atoms with Crippen LogP contribution >= 0.6 is 0 Å². The molecule has 23 heavy (non-hydrogen) atoms. The minimum absolute atomic E-state index is 0.0426. The van der Waals surface area contributed by atoms with Crippen LogP contribution in [0.15, 0.2) is 47.4 Å². The number of nitrogens with one attached hydrogen (secondary N) is 2. The molecular formula is C15H13FN2O4S. The molecule has 0 saturated carbocycles. The number of rotatable bonds is 3. The van der Waals surface area contributed by atoms with Crippen LogP contribution in [0.4, 0.5) is 15.8 Å². The van der Waals surface area contributed by atoms with E-state index in [0.717, 1.165) is 12.1 Å². The van der Waals surface area contributed by atoms with Crippen molar-refractivity contribution in [3.05, 3.63) is 48.3 Å². The molecule has 1 heterocycles. The van der Waals surface area contributed by atoms with Gasteiger partial charge in [0, 0.05) is 5.69 Å². The van der Waals surface area contributed by atoms with Crippen molar-refractivity contribution >= 4 is 27.3 Å². The number of hydrogen-bond acceptors (Lipinski definition) is 4. The van der Waals surface area contributed by atoms with E-state index in [9.17, 15) is 17.6 Å². The molecule has 6 nitrogen and oxygen atoms in total. The van der Waals surface area contributed by atoms with Gasteiger partial charge in [-0.05, 0) is 49.4 Å². The maximum Gasteiger partial charge on any atom is 0.265 e. The first-order valence-electron chi connectivity index (χ1n) is 6.75. The summed E-state index contributed by atoms with van der Waals surface area (Å²) in [5, 5.41) is 2.59. The zero-order valence-corrected chi connectivity index (χ0v) is 12.9. The van der Waals surface area contributed by atoms with Crippen molar-refractivity contribution in [3.63, 3.8) is 0 Å². The highest BCUT2D eigenvalue weighted by Gasteiger charge is 2.25. The third-order valence-corrected chi connectivity index (χ3v) is 4.67. The number of benzene rings is 2. The Bertz CT molecular complexity index is 866. The molecular weight excluding hydrogens is 323 g/mol. The van der Waals surface area contributed by atoms with E-state index in [-0.39, 0.29) is 22.2 Å². The normalized spacial score (nSPS) is 17.0. The summed E-state index contributed by atoms with van der Waals surface area (Å²) in [4.78, 5) is 11.6. The number of sulfonamides is 1. The molecule has 1 aliphatic heterocycles. The van der Waals surface area contributed by atoms with Gasteiger partial charge in [-0.1, -0.05) is 0 Å². The minimum Gasteiger partial charge on any atom is -0.479 e. The van der Waals surface area contributed by atoms with Gasteiger partial charge in [-0.15, -0.1) is 0 Å². The summed E-state index contributed by atoms with van der Waals surface area (Å²) in [7, 11) is -3.87. The number of amides is 1. The van der Waals surface area contributed by atoms with E-state index in [1.165, 1.54) is 30.3 Å². The molecule has 0 spiro atoms. The predicted molar refractivity (Wildman–Crippen MR) is 82.4 cm³/mol. The molecule has 2 N–H and O–H groups in total. The number of ether oxygens (including phenoxy) is 1. The highest BCUT2D eigenvalue weighted by atomic mass is 32.2. The fourth-order valence-corrected chi connectivity index (χ4v) is 3.17. The molecule has 8 heteroatoms. The Balaban J connectivity index is 1.90. The number of anilines is 2. The Morgan fingerprint density at radius 2 is 1.87 bits per heavy atom. The average Bonchev–Trinajstić information content (AvgIpc) is 2.50. The lowest BCUT2D eigenvalue weighted by Gasteiger charge is -2.23. The van der Waals surface area contributed by atoms with Gasteiger partial charge in [-0.3, -0.25) is 9.52 Å². The van der Waals surface area contributed by atoms with Gasteiger partial charge in [0.2, 0.25) is 0 Å². The molecule has 1 atom stereocenters. The average molecular weight is 336 g/mol. The quantitative estimate of drug-likeness (QED) is 0.901.